The topological polar surface area (TPSA) is 74.3 Å². The molecular weight excluding hydrogens is 314 g/mol. The number of ether oxygens (including phenoxy) is 4. The lowest BCUT2D eigenvalue weighted by atomic mass is 10.1. The Morgan fingerprint density at radius 1 is 1.17 bits per heavy atom. The van der Waals surface area contributed by atoms with Crippen molar-refractivity contribution in [3.63, 3.8) is 0 Å². The van der Waals surface area contributed by atoms with Crippen LogP contribution in [0.3, 0.4) is 0 Å². The molecule has 1 amide bonds. The van der Waals surface area contributed by atoms with E-state index in [0.29, 0.717) is 31.1 Å². The predicted molar refractivity (Wildman–Crippen MR) is 85.9 cm³/mol. The Morgan fingerprint density at radius 3 is 2.33 bits per heavy atom. The lowest BCUT2D eigenvalue weighted by Crippen LogP contribution is -2.39. The fourth-order valence-electron chi connectivity index (χ4n) is 2.60. The molecule has 0 bridgehead atoms. The number of carbonyl (C=O) groups is 2. The van der Waals surface area contributed by atoms with Crippen LogP contribution >= 0.6 is 0 Å². The third kappa shape index (κ3) is 4.61. The van der Waals surface area contributed by atoms with Gasteiger partial charge in [-0.2, -0.15) is 0 Å². The van der Waals surface area contributed by atoms with Crippen LogP contribution in [0, 0.1) is 5.92 Å². The molecule has 0 aromatic heterocycles. The molecule has 0 aliphatic carbocycles. The number of esters is 1. The summed E-state index contributed by atoms with van der Waals surface area (Å²) in [7, 11) is 4.43. The van der Waals surface area contributed by atoms with Crippen molar-refractivity contribution in [3.8, 4) is 11.5 Å². The Balaban J connectivity index is 2.20. The zero-order valence-corrected chi connectivity index (χ0v) is 14.2. The van der Waals surface area contributed by atoms with Gasteiger partial charge in [0.2, 0.25) is 5.91 Å². The minimum Gasteiger partial charge on any atom is -0.497 e. The van der Waals surface area contributed by atoms with Gasteiger partial charge in [-0.1, -0.05) is 0 Å². The maximum absolute atomic E-state index is 12.7. The van der Waals surface area contributed by atoms with Gasteiger partial charge in [-0.15, -0.1) is 0 Å². The molecule has 1 fully saturated rings. The number of carbonyl (C=O) groups excluding carboxylic acids is 2. The highest BCUT2D eigenvalue weighted by Gasteiger charge is 2.29. The highest BCUT2D eigenvalue weighted by atomic mass is 16.5. The third-order valence-electron chi connectivity index (χ3n) is 3.92. The smallest absolute Gasteiger partial charge is 0.325 e. The van der Waals surface area contributed by atoms with Gasteiger partial charge < -0.3 is 23.8 Å². The van der Waals surface area contributed by atoms with Crippen LogP contribution in [0.15, 0.2) is 18.2 Å². The number of nitrogens with zero attached hydrogens (tertiary/aromatic N) is 1. The lowest BCUT2D eigenvalue weighted by molar-refractivity contribution is -0.149. The van der Waals surface area contributed by atoms with Gasteiger partial charge in [0, 0.05) is 19.2 Å². The molecule has 0 saturated carbocycles. The van der Waals surface area contributed by atoms with Crippen LogP contribution in [0.1, 0.15) is 12.0 Å². The molecular formula is C17H23NO6. The molecule has 132 valence electrons. The first-order valence-corrected chi connectivity index (χ1v) is 7.72. The van der Waals surface area contributed by atoms with Crippen LogP contribution in [-0.4, -0.2) is 57.9 Å². The zero-order chi connectivity index (χ0) is 17.5. The van der Waals surface area contributed by atoms with Crippen molar-refractivity contribution >= 4 is 11.9 Å². The van der Waals surface area contributed by atoms with Crippen LogP contribution in [0.5, 0.6) is 11.5 Å². The van der Waals surface area contributed by atoms with Crippen molar-refractivity contribution in [2.45, 2.75) is 13.0 Å². The van der Waals surface area contributed by atoms with Crippen LogP contribution < -0.4 is 9.47 Å². The van der Waals surface area contributed by atoms with Crippen molar-refractivity contribution in [1.29, 1.82) is 0 Å². The molecule has 0 N–H and O–H groups in total. The van der Waals surface area contributed by atoms with Crippen molar-refractivity contribution in [3.05, 3.63) is 23.8 Å². The normalized spacial score (nSPS) is 16.5. The van der Waals surface area contributed by atoms with Crippen LogP contribution in [-0.2, 0) is 25.6 Å². The fraction of sp³-hybridized carbons (Fsp3) is 0.529. The number of amides is 1. The van der Waals surface area contributed by atoms with Gasteiger partial charge in [-0.05, 0) is 24.1 Å². The van der Waals surface area contributed by atoms with Crippen molar-refractivity contribution in [2.24, 2.45) is 5.92 Å². The summed E-state index contributed by atoms with van der Waals surface area (Å²) in [5.74, 6) is 0.456. The fourth-order valence-corrected chi connectivity index (χ4v) is 2.60. The van der Waals surface area contributed by atoms with Gasteiger partial charge in [0.1, 0.15) is 18.0 Å². The first kappa shape index (κ1) is 18.1. The molecule has 1 aliphatic rings. The summed E-state index contributed by atoms with van der Waals surface area (Å²) in [6.45, 7) is 1.11. The average Bonchev–Trinajstić information content (AvgIpc) is 3.14. The van der Waals surface area contributed by atoms with E-state index in [9.17, 15) is 9.59 Å². The van der Waals surface area contributed by atoms with Crippen LogP contribution in [0.4, 0.5) is 0 Å². The summed E-state index contributed by atoms with van der Waals surface area (Å²) >= 11 is 0. The summed E-state index contributed by atoms with van der Waals surface area (Å²) in [5.41, 5.74) is 0.808. The van der Waals surface area contributed by atoms with Gasteiger partial charge in [-0.3, -0.25) is 9.59 Å². The lowest BCUT2D eigenvalue weighted by Gasteiger charge is -2.24. The minimum atomic E-state index is -0.461. The quantitative estimate of drug-likeness (QED) is 0.697. The van der Waals surface area contributed by atoms with E-state index >= 15 is 0 Å². The average molecular weight is 337 g/mol. The van der Waals surface area contributed by atoms with E-state index in [0.717, 1.165) is 5.56 Å². The molecule has 1 unspecified atom stereocenters. The van der Waals surface area contributed by atoms with Crippen LogP contribution in [0.2, 0.25) is 0 Å². The van der Waals surface area contributed by atoms with E-state index in [2.05, 4.69) is 0 Å². The number of methoxy groups -OCH3 is 3. The minimum absolute atomic E-state index is 0.106. The monoisotopic (exact) mass is 337 g/mol. The number of rotatable bonds is 7. The molecule has 1 atom stereocenters. The summed E-state index contributed by atoms with van der Waals surface area (Å²) in [5, 5.41) is 0. The molecule has 1 aromatic rings. The summed E-state index contributed by atoms with van der Waals surface area (Å²) < 4.78 is 20.5. The van der Waals surface area contributed by atoms with Crippen molar-refractivity contribution in [2.75, 3.05) is 41.1 Å². The zero-order valence-electron chi connectivity index (χ0n) is 14.2. The van der Waals surface area contributed by atoms with Gasteiger partial charge in [0.15, 0.2) is 0 Å². The molecule has 7 nitrogen and oxygen atoms in total. The van der Waals surface area contributed by atoms with E-state index in [1.54, 1.807) is 20.3 Å². The number of hydrogen-bond donors (Lipinski definition) is 0. The molecule has 0 radical (unpaired) electrons. The first-order chi connectivity index (χ1) is 11.6. The summed E-state index contributed by atoms with van der Waals surface area (Å²) in [4.78, 5) is 25.9. The molecule has 24 heavy (non-hydrogen) atoms. The van der Waals surface area contributed by atoms with Gasteiger partial charge in [0.05, 0.1) is 33.9 Å². The largest absolute Gasteiger partial charge is 0.497 e. The van der Waals surface area contributed by atoms with E-state index < -0.39 is 5.97 Å². The highest BCUT2D eigenvalue weighted by Crippen LogP contribution is 2.24. The van der Waals surface area contributed by atoms with E-state index in [4.69, 9.17) is 18.9 Å². The van der Waals surface area contributed by atoms with E-state index in [1.165, 1.54) is 12.0 Å². The van der Waals surface area contributed by atoms with E-state index in [1.807, 2.05) is 12.1 Å². The first-order valence-electron chi connectivity index (χ1n) is 7.72. The van der Waals surface area contributed by atoms with Gasteiger partial charge in [0.25, 0.3) is 0 Å². The Morgan fingerprint density at radius 2 is 1.83 bits per heavy atom. The SMILES string of the molecule is COC(=O)CN(Cc1cc(OC)cc(OC)c1)C(=O)C1CCOC1. The van der Waals surface area contributed by atoms with Crippen LogP contribution in [0.25, 0.3) is 0 Å². The summed E-state index contributed by atoms with van der Waals surface area (Å²) in [6.07, 6.45) is 0.665. The second-order valence-corrected chi connectivity index (χ2v) is 5.55. The molecule has 1 aliphatic heterocycles. The standard InChI is InChI=1S/C17H23NO6/c1-21-14-6-12(7-15(8-14)22-2)9-18(10-16(19)23-3)17(20)13-4-5-24-11-13/h6-8,13H,4-5,9-11H2,1-3H3. The molecule has 1 aromatic carbocycles. The Hall–Kier alpha value is -2.28. The van der Waals surface area contributed by atoms with Gasteiger partial charge in [-0.25, -0.2) is 0 Å². The van der Waals surface area contributed by atoms with Crippen molar-refractivity contribution < 1.29 is 28.5 Å². The Labute approximate surface area is 141 Å². The van der Waals surface area contributed by atoms with Gasteiger partial charge >= 0.3 is 5.97 Å². The predicted octanol–water partition coefficient (Wildman–Crippen LogP) is 1.24. The maximum atomic E-state index is 12.7. The Bertz CT molecular complexity index is 560. The number of hydrogen-bond acceptors (Lipinski definition) is 6. The summed E-state index contributed by atoms with van der Waals surface area (Å²) in [6, 6.07) is 5.37. The molecule has 2 rings (SSSR count). The second kappa shape index (κ2) is 8.54. The molecule has 1 saturated heterocycles. The second-order valence-electron chi connectivity index (χ2n) is 5.55. The molecule has 7 heteroatoms. The third-order valence-corrected chi connectivity index (χ3v) is 3.92. The van der Waals surface area contributed by atoms with Crippen molar-refractivity contribution in [1.82, 2.24) is 4.90 Å². The Kier molecular flexibility index (Phi) is 6.43. The van der Waals surface area contributed by atoms with E-state index in [-0.39, 0.29) is 24.9 Å². The number of benzene rings is 1. The molecule has 0 spiro atoms. The maximum Gasteiger partial charge on any atom is 0.325 e. The molecule has 1 heterocycles. The highest BCUT2D eigenvalue weighted by molar-refractivity contribution is 5.84.